The van der Waals surface area contributed by atoms with Gasteiger partial charge in [-0.15, -0.1) is 11.3 Å². The third-order valence-electron chi connectivity index (χ3n) is 3.37. The van der Waals surface area contributed by atoms with Gasteiger partial charge in [-0.05, 0) is 27.2 Å². The van der Waals surface area contributed by atoms with Crippen LogP contribution in [0.15, 0.2) is 6.20 Å². The van der Waals surface area contributed by atoms with Crippen LogP contribution in [0, 0.1) is 6.92 Å². The maximum atomic E-state index is 12.3. The molecule has 1 N–H and O–H groups in total. The van der Waals surface area contributed by atoms with Crippen molar-refractivity contribution in [1.29, 1.82) is 0 Å². The molecule has 0 aliphatic heterocycles. The van der Waals surface area contributed by atoms with Gasteiger partial charge < -0.3 is 10.2 Å². The molecule has 2 amide bonds. The van der Waals surface area contributed by atoms with Gasteiger partial charge >= 0.3 is 0 Å². The third-order valence-corrected chi connectivity index (χ3v) is 4.20. The first-order valence-corrected chi connectivity index (χ1v) is 8.77. The number of carbonyl (C=O) groups is 2. The highest BCUT2D eigenvalue weighted by Crippen LogP contribution is 2.16. The topological polar surface area (TPSA) is 62.3 Å². The number of nitrogens with one attached hydrogen (secondary N) is 1. The number of aryl methyl sites for hydroxylation is 1. The van der Waals surface area contributed by atoms with Crippen molar-refractivity contribution in [2.24, 2.45) is 0 Å². The highest BCUT2D eigenvalue weighted by Gasteiger charge is 2.20. The van der Waals surface area contributed by atoms with Crippen LogP contribution >= 0.6 is 11.3 Å². The number of hydrogen-bond acceptors (Lipinski definition) is 4. The monoisotopic (exact) mass is 325 g/mol. The molecule has 1 heterocycles. The zero-order valence-corrected chi connectivity index (χ0v) is 14.8. The normalized spacial score (nSPS) is 10.8. The lowest BCUT2D eigenvalue weighted by molar-refractivity contribution is -0.136. The second-order valence-corrected chi connectivity index (χ2v) is 6.99. The van der Waals surface area contributed by atoms with E-state index in [-0.39, 0.29) is 24.4 Å². The van der Waals surface area contributed by atoms with Gasteiger partial charge in [-0.3, -0.25) is 9.59 Å². The summed E-state index contributed by atoms with van der Waals surface area (Å²) in [6.45, 7) is 8.04. The fraction of sp³-hybridized carbons (Fsp3) is 0.688. The number of unbranched alkanes of at least 4 members (excludes halogenated alkanes) is 3. The quantitative estimate of drug-likeness (QED) is 0.706. The number of anilines is 1. The second kappa shape index (κ2) is 9.56. The molecule has 0 aliphatic rings. The molecule has 0 saturated carbocycles. The number of amides is 2. The summed E-state index contributed by atoms with van der Waals surface area (Å²) in [5.41, 5.74) is 0. The molecular formula is C16H27N3O2S. The maximum absolute atomic E-state index is 12.3. The lowest BCUT2D eigenvalue weighted by atomic mass is 10.1. The number of nitrogens with zero attached hydrogens (tertiary/aromatic N) is 2. The number of aromatic nitrogens is 1. The van der Waals surface area contributed by atoms with Crippen LogP contribution in [0.5, 0.6) is 0 Å². The molecule has 0 fully saturated rings. The van der Waals surface area contributed by atoms with E-state index < -0.39 is 0 Å². The molecule has 0 saturated heterocycles. The summed E-state index contributed by atoms with van der Waals surface area (Å²) < 4.78 is 0. The molecule has 1 aromatic heterocycles. The fourth-order valence-corrected chi connectivity index (χ4v) is 2.81. The average Bonchev–Trinajstić information content (AvgIpc) is 2.85. The standard InChI is InChI=1S/C16H27N3O2S/c1-5-6-7-8-9-15(21)19(12(2)3)11-14(20)18-16-17-10-13(4)22-16/h10,12H,5-9,11H2,1-4H3,(H,17,18,20). The van der Waals surface area contributed by atoms with Crippen LogP contribution in [0.3, 0.4) is 0 Å². The smallest absolute Gasteiger partial charge is 0.245 e. The Hall–Kier alpha value is -1.43. The molecule has 0 bridgehead atoms. The van der Waals surface area contributed by atoms with Crippen molar-refractivity contribution in [3.05, 3.63) is 11.1 Å². The summed E-state index contributed by atoms with van der Waals surface area (Å²) in [6.07, 6.45) is 6.50. The van der Waals surface area contributed by atoms with E-state index in [2.05, 4.69) is 17.2 Å². The van der Waals surface area contributed by atoms with E-state index in [1.54, 1.807) is 11.1 Å². The minimum absolute atomic E-state index is 0.0162. The van der Waals surface area contributed by atoms with Gasteiger partial charge in [-0.25, -0.2) is 4.98 Å². The molecule has 0 aliphatic carbocycles. The zero-order chi connectivity index (χ0) is 16.5. The van der Waals surface area contributed by atoms with Crippen molar-refractivity contribution < 1.29 is 9.59 Å². The maximum Gasteiger partial charge on any atom is 0.245 e. The highest BCUT2D eigenvalue weighted by atomic mass is 32.1. The summed E-state index contributed by atoms with van der Waals surface area (Å²) in [5, 5.41) is 3.34. The molecule has 0 aromatic carbocycles. The molecule has 5 nitrogen and oxygen atoms in total. The Bertz CT molecular complexity index is 485. The van der Waals surface area contributed by atoms with Crippen LogP contribution in [0.4, 0.5) is 5.13 Å². The SMILES string of the molecule is CCCCCCC(=O)N(CC(=O)Nc1ncc(C)s1)C(C)C. The van der Waals surface area contributed by atoms with E-state index in [9.17, 15) is 9.59 Å². The van der Waals surface area contributed by atoms with Crippen LogP contribution in [0.2, 0.25) is 0 Å². The average molecular weight is 325 g/mol. The predicted octanol–water partition coefficient (Wildman–Crippen LogP) is 3.60. The lowest BCUT2D eigenvalue weighted by Crippen LogP contribution is -2.42. The molecule has 0 spiro atoms. The summed E-state index contributed by atoms with van der Waals surface area (Å²) >= 11 is 1.43. The number of hydrogen-bond donors (Lipinski definition) is 1. The van der Waals surface area contributed by atoms with Gasteiger partial charge in [0.05, 0.1) is 0 Å². The minimum Gasteiger partial charge on any atom is -0.331 e. The number of carbonyl (C=O) groups excluding carboxylic acids is 2. The van der Waals surface area contributed by atoms with Crippen molar-refractivity contribution in [3.8, 4) is 0 Å². The van der Waals surface area contributed by atoms with Crippen LogP contribution in [0.1, 0.15) is 57.8 Å². The second-order valence-electron chi connectivity index (χ2n) is 5.75. The molecule has 0 atom stereocenters. The molecule has 22 heavy (non-hydrogen) atoms. The van der Waals surface area contributed by atoms with Gasteiger partial charge in [0, 0.05) is 23.5 Å². The van der Waals surface area contributed by atoms with Crippen molar-refractivity contribution in [2.45, 2.75) is 65.8 Å². The molecule has 124 valence electrons. The molecule has 0 radical (unpaired) electrons. The fourth-order valence-electron chi connectivity index (χ4n) is 2.13. The first-order valence-electron chi connectivity index (χ1n) is 7.95. The predicted molar refractivity (Wildman–Crippen MR) is 91.1 cm³/mol. The molecular weight excluding hydrogens is 298 g/mol. The Morgan fingerprint density at radius 2 is 2.05 bits per heavy atom. The van der Waals surface area contributed by atoms with E-state index in [1.807, 2.05) is 20.8 Å². The number of rotatable bonds is 9. The summed E-state index contributed by atoms with van der Waals surface area (Å²) in [5.74, 6) is -0.137. The van der Waals surface area contributed by atoms with Gasteiger partial charge in [0.1, 0.15) is 6.54 Å². The Morgan fingerprint density at radius 3 is 2.59 bits per heavy atom. The van der Waals surface area contributed by atoms with E-state index in [0.717, 1.165) is 30.6 Å². The van der Waals surface area contributed by atoms with Gasteiger partial charge in [0.2, 0.25) is 11.8 Å². The third kappa shape index (κ3) is 6.56. The van der Waals surface area contributed by atoms with E-state index in [0.29, 0.717) is 11.6 Å². The van der Waals surface area contributed by atoms with Crippen LogP contribution in [-0.2, 0) is 9.59 Å². The largest absolute Gasteiger partial charge is 0.331 e. The summed E-state index contributed by atoms with van der Waals surface area (Å²) in [6, 6.07) is 0.0162. The number of thiazole rings is 1. The van der Waals surface area contributed by atoms with Crippen molar-refractivity contribution in [2.75, 3.05) is 11.9 Å². The van der Waals surface area contributed by atoms with Crippen molar-refractivity contribution >= 4 is 28.3 Å². The van der Waals surface area contributed by atoms with Gasteiger partial charge in [-0.1, -0.05) is 26.2 Å². The van der Waals surface area contributed by atoms with Gasteiger partial charge in [0.25, 0.3) is 0 Å². The summed E-state index contributed by atoms with van der Waals surface area (Å²) in [4.78, 5) is 31.1. The highest BCUT2D eigenvalue weighted by molar-refractivity contribution is 7.15. The minimum atomic E-state index is -0.190. The Kier molecular flexibility index (Phi) is 8.09. The summed E-state index contributed by atoms with van der Waals surface area (Å²) in [7, 11) is 0. The first-order chi connectivity index (χ1) is 10.4. The van der Waals surface area contributed by atoms with E-state index >= 15 is 0 Å². The van der Waals surface area contributed by atoms with Gasteiger partial charge in [0.15, 0.2) is 5.13 Å². The van der Waals surface area contributed by atoms with Crippen LogP contribution in [0.25, 0.3) is 0 Å². The Morgan fingerprint density at radius 1 is 1.32 bits per heavy atom. The lowest BCUT2D eigenvalue weighted by Gasteiger charge is -2.26. The molecule has 1 rings (SSSR count). The van der Waals surface area contributed by atoms with Crippen molar-refractivity contribution in [1.82, 2.24) is 9.88 Å². The van der Waals surface area contributed by atoms with Gasteiger partial charge in [-0.2, -0.15) is 0 Å². The Labute approximate surface area is 137 Å². The van der Waals surface area contributed by atoms with Crippen molar-refractivity contribution in [3.63, 3.8) is 0 Å². The molecule has 0 unspecified atom stereocenters. The molecule has 6 heteroatoms. The first kappa shape index (κ1) is 18.6. The Balaban J connectivity index is 2.48. The van der Waals surface area contributed by atoms with E-state index in [4.69, 9.17) is 0 Å². The molecule has 1 aromatic rings. The van der Waals surface area contributed by atoms with E-state index in [1.165, 1.54) is 11.3 Å². The van der Waals surface area contributed by atoms with Crippen LogP contribution in [-0.4, -0.2) is 34.3 Å². The van der Waals surface area contributed by atoms with Crippen LogP contribution < -0.4 is 5.32 Å². The zero-order valence-electron chi connectivity index (χ0n) is 14.0.